The predicted molar refractivity (Wildman–Crippen MR) is 128 cm³/mol. The minimum absolute atomic E-state index is 0.138. The van der Waals surface area contributed by atoms with Crippen LogP contribution in [-0.4, -0.2) is 64.3 Å². The maximum absolute atomic E-state index is 12.7. The third kappa shape index (κ3) is 6.38. The molecule has 33 heavy (non-hydrogen) atoms. The molecule has 1 aromatic heterocycles. The van der Waals surface area contributed by atoms with Gasteiger partial charge in [-0.25, -0.2) is 9.97 Å². The number of likely N-dealkylation sites (tertiary alicyclic amines) is 1. The van der Waals surface area contributed by atoms with Gasteiger partial charge in [-0.1, -0.05) is 31.2 Å². The van der Waals surface area contributed by atoms with Gasteiger partial charge in [-0.15, -0.1) is 0 Å². The van der Waals surface area contributed by atoms with Crippen LogP contribution in [0.4, 0.5) is 0 Å². The summed E-state index contributed by atoms with van der Waals surface area (Å²) >= 11 is 0. The minimum atomic E-state index is -0.138. The lowest BCUT2D eigenvalue weighted by molar-refractivity contribution is -0.130. The van der Waals surface area contributed by atoms with Crippen molar-refractivity contribution in [2.45, 2.75) is 46.1 Å². The van der Waals surface area contributed by atoms with Gasteiger partial charge in [0, 0.05) is 51.9 Å². The summed E-state index contributed by atoms with van der Waals surface area (Å²) in [6.07, 6.45) is 5.35. The number of carbonyl (C=O) groups is 2. The molecule has 1 N–H and O–H groups in total. The highest BCUT2D eigenvalue weighted by atomic mass is 16.2. The molecule has 1 atom stereocenters. The lowest BCUT2D eigenvalue weighted by Crippen LogP contribution is -2.38. The van der Waals surface area contributed by atoms with Gasteiger partial charge in [-0.3, -0.25) is 14.5 Å². The first-order chi connectivity index (χ1) is 16.0. The molecule has 0 aliphatic carbocycles. The van der Waals surface area contributed by atoms with E-state index in [1.165, 1.54) is 17.5 Å². The summed E-state index contributed by atoms with van der Waals surface area (Å²) < 4.78 is 0. The molecule has 3 heterocycles. The van der Waals surface area contributed by atoms with Gasteiger partial charge in [-0.2, -0.15) is 0 Å². The number of rotatable bonds is 7. The van der Waals surface area contributed by atoms with Gasteiger partial charge in [0.25, 0.3) is 5.91 Å². The van der Waals surface area contributed by atoms with Crippen molar-refractivity contribution in [1.29, 1.82) is 0 Å². The van der Waals surface area contributed by atoms with Crippen LogP contribution in [0.2, 0.25) is 0 Å². The van der Waals surface area contributed by atoms with Gasteiger partial charge in [0.2, 0.25) is 5.91 Å². The Balaban J connectivity index is 1.23. The number of hydrogen-bond donors (Lipinski definition) is 1. The van der Waals surface area contributed by atoms with Crippen molar-refractivity contribution in [2.24, 2.45) is 11.8 Å². The number of aromatic nitrogens is 2. The predicted octanol–water partition coefficient (Wildman–Crippen LogP) is 2.70. The van der Waals surface area contributed by atoms with E-state index in [0.29, 0.717) is 24.1 Å². The Morgan fingerprint density at radius 2 is 1.88 bits per heavy atom. The maximum atomic E-state index is 12.7. The third-order valence-electron chi connectivity index (χ3n) is 6.90. The molecule has 0 saturated carbocycles. The van der Waals surface area contributed by atoms with E-state index in [4.69, 9.17) is 0 Å². The van der Waals surface area contributed by atoms with Crippen molar-refractivity contribution >= 4 is 11.8 Å². The molecule has 1 fully saturated rings. The van der Waals surface area contributed by atoms with Crippen LogP contribution in [0, 0.1) is 11.8 Å². The van der Waals surface area contributed by atoms with Crippen LogP contribution < -0.4 is 5.32 Å². The Morgan fingerprint density at radius 1 is 1.12 bits per heavy atom. The molecular weight excluding hydrogens is 414 g/mol. The highest BCUT2D eigenvalue weighted by Crippen LogP contribution is 2.21. The number of benzene rings is 1. The average Bonchev–Trinajstić information content (AvgIpc) is 2.83. The zero-order chi connectivity index (χ0) is 23.2. The Hall–Kier alpha value is -2.80. The highest BCUT2D eigenvalue weighted by molar-refractivity contribution is 5.92. The second kappa shape index (κ2) is 10.9. The second-order valence-corrected chi connectivity index (χ2v) is 9.62. The van der Waals surface area contributed by atoms with Gasteiger partial charge in [0.1, 0.15) is 12.0 Å². The third-order valence-corrected chi connectivity index (χ3v) is 6.90. The van der Waals surface area contributed by atoms with Gasteiger partial charge in [0.15, 0.2) is 0 Å². The highest BCUT2D eigenvalue weighted by Gasteiger charge is 2.22. The van der Waals surface area contributed by atoms with Gasteiger partial charge in [-0.05, 0) is 54.7 Å². The summed E-state index contributed by atoms with van der Waals surface area (Å²) in [4.78, 5) is 37.2. The normalized spacial score (nSPS) is 17.9. The molecule has 2 aromatic rings. The topological polar surface area (TPSA) is 78.4 Å². The lowest BCUT2D eigenvalue weighted by atomic mass is 9.92. The van der Waals surface area contributed by atoms with Crippen molar-refractivity contribution in [1.82, 2.24) is 25.1 Å². The second-order valence-electron chi connectivity index (χ2n) is 9.62. The SMILES string of the molecule is CC(=O)N1CCC(Cc2cc(C(=O)NCC(C)CN3CCc4ccccc4C3)ncn2)CC1. The summed E-state index contributed by atoms with van der Waals surface area (Å²) in [6, 6.07) is 10.5. The molecule has 1 saturated heterocycles. The molecule has 2 aliphatic rings. The average molecular weight is 450 g/mol. The number of nitrogens with zero attached hydrogens (tertiary/aromatic N) is 4. The van der Waals surface area contributed by atoms with Crippen LogP contribution in [0.25, 0.3) is 0 Å². The summed E-state index contributed by atoms with van der Waals surface area (Å²) in [6.45, 7) is 9.05. The maximum Gasteiger partial charge on any atom is 0.270 e. The van der Waals surface area contributed by atoms with Crippen LogP contribution in [-0.2, 0) is 24.2 Å². The van der Waals surface area contributed by atoms with E-state index < -0.39 is 0 Å². The van der Waals surface area contributed by atoms with Crippen molar-refractivity contribution in [3.63, 3.8) is 0 Å². The molecule has 0 spiro atoms. The Kier molecular flexibility index (Phi) is 7.70. The van der Waals surface area contributed by atoms with Gasteiger partial charge >= 0.3 is 0 Å². The standard InChI is InChI=1S/C26H35N5O2/c1-19(16-30-10-9-22-5-3-4-6-23(22)17-30)15-27-26(33)25-14-24(28-18-29-25)13-21-7-11-31(12-8-21)20(2)32/h3-6,14,18-19,21H,7-13,15-17H2,1-2H3,(H,27,33). The van der Waals surface area contributed by atoms with E-state index in [1.807, 2.05) is 11.0 Å². The molecule has 176 valence electrons. The Labute approximate surface area is 196 Å². The van der Waals surface area contributed by atoms with Gasteiger partial charge in [0.05, 0.1) is 0 Å². The Morgan fingerprint density at radius 3 is 2.64 bits per heavy atom. The minimum Gasteiger partial charge on any atom is -0.350 e. The van der Waals surface area contributed by atoms with Crippen molar-refractivity contribution in [3.8, 4) is 0 Å². The number of nitrogens with one attached hydrogen (secondary N) is 1. The van der Waals surface area contributed by atoms with E-state index in [1.54, 1.807) is 6.92 Å². The largest absolute Gasteiger partial charge is 0.350 e. The molecule has 0 bridgehead atoms. The molecule has 7 nitrogen and oxygen atoms in total. The molecule has 0 radical (unpaired) electrons. The first kappa shape index (κ1) is 23.4. The first-order valence-electron chi connectivity index (χ1n) is 12.1. The smallest absolute Gasteiger partial charge is 0.270 e. The molecule has 2 aliphatic heterocycles. The van der Waals surface area contributed by atoms with E-state index in [0.717, 1.165) is 64.1 Å². The van der Waals surface area contributed by atoms with Crippen LogP contribution in [0.3, 0.4) is 0 Å². The van der Waals surface area contributed by atoms with Crippen LogP contribution in [0.15, 0.2) is 36.7 Å². The number of fused-ring (bicyclic) bond motifs is 1. The zero-order valence-corrected chi connectivity index (χ0v) is 19.8. The van der Waals surface area contributed by atoms with Crippen molar-refractivity contribution in [2.75, 3.05) is 32.7 Å². The molecule has 7 heteroatoms. The summed E-state index contributed by atoms with van der Waals surface area (Å²) in [7, 11) is 0. The monoisotopic (exact) mass is 449 g/mol. The summed E-state index contributed by atoms with van der Waals surface area (Å²) in [5.74, 6) is 0.850. The number of piperidine rings is 1. The summed E-state index contributed by atoms with van der Waals surface area (Å²) in [5.41, 5.74) is 4.20. The molecule has 2 amide bonds. The van der Waals surface area contributed by atoms with Crippen LogP contribution >= 0.6 is 0 Å². The van der Waals surface area contributed by atoms with E-state index >= 15 is 0 Å². The summed E-state index contributed by atoms with van der Waals surface area (Å²) in [5, 5.41) is 3.06. The molecule has 1 unspecified atom stereocenters. The quantitative estimate of drug-likeness (QED) is 0.703. The van der Waals surface area contributed by atoms with Crippen molar-refractivity contribution in [3.05, 3.63) is 59.2 Å². The Bertz CT molecular complexity index is 971. The van der Waals surface area contributed by atoms with Gasteiger partial charge < -0.3 is 10.2 Å². The fourth-order valence-corrected chi connectivity index (χ4v) is 4.95. The zero-order valence-electron chi connectivity index (χ0n) is 19.8. The molecule has 1 aromatic carbocycles. The molecular formula is C26H35N5O2. The van der Waals surface area contributed by atoms with E-state index in [9.17, 15) is 9.59 Å². The van der Waals surface area contributed by atoms with E-state index in [-0.39, 0.29) is 11.8 Å². The van der Waals surface area contributed by atoms with Crippen molar-refractivity contribution < 1.29 is 9.59 Å². The first-order valence-corrected chi connectivity index (χ1v) is 12.1. The van der Waals surface area contributed by atoms with E-state index in [2.05, 4.69) is 51.4 Å². The van der Waals surface area contributed by atoms with Crippen LogP contribution in [0.1, 0.15) is 54.0 Å². The fraction of sp³-hybridized carbons (Fsp3) is 0.538. The molecule has 4 rings (SSSR count). The number of amides is 2. The number of carbonyl (C=O) groups excluding carboxylic acids is 2. The lowest BCUT2D eigenvalue weighted by Gasteiger charge is -2.31. The number of hydrogen-bond acceptors (Lipinski definition) is 5. The fourth-order valence-electron chi connectivity index (χ4n) is 4.95. The van der Waals surface area contributed by atoms with Crippen LogP contribution in [0.5, 0.6) is 0 Å².